The summed E-state index contributed by atoms with van der Waals surface area (Å²) in [5, 5.41) is 2.47. The Morgan fingerprint density at radius 1 is 1.25 bits per heavy atom. The minimum atomic E-state index is -0.571. The number of nitrogens with one attached hydrogen (secondary N) is 1. The Hall–Kier alpha value is -1.30. The standard InChI is InChI=1S/C14H26N4O2/c1-11-9-17(12-3-2-4-12)7-8-18(10-11)13(19)5-6-16-14(15)20/h11-12H,2-10H2,1H3,(H3,15,16,20). The predicted molar refractivity (Wildman–Crippen MR) is 77.2 cm³/mol. The second-order valence-electron chi connectivity index (χ2n) is 6.07. The lowest BCUT2D eigenvalue weighted by molar-refractivity contribution is -0.131. The van der Waals surface area contributed by atoms with Crippen LogP contribution in [0.15, 0.2) is 0 Å². The van der Waals surface area contributed by atoms with E-state index in [4.69, 9.17) is 5.73 Å². The molecule has 2 fully saturated rings. The molecule has 1 atom stereocenters. The second kappa shape index (κ2) is 6.92. The Bertz CT molecular complexity index is 357. The van der Waals surface area contributed by atoms with Crippen LogP contribution in [0.2, 0.25) is 0 Å². The van der Waals surface area contributed by atoms with Crippen LogP contribution in [-0.2, 0) is 4.79 Å². The van der Waals surface area contributed by atoms with Gasteiger partial charge in [0.25, 0.3) is 0 Å². The number of nitrogens with two attached hydrogens (primary N) is 1. The largest absolute Gasteiger partial charge is 0.352 e. The molecule has 20 heavy (non-hydrogen) atoms. The molecule has 3 N–H and O–H groups in total. The molecule has 0 aromatic heterocycles. The summed E-state index contributed by atoms with van der Waals surface area (Å²) in [5.74, 6) is 0.618. The fourth-order valence-electron chi connectivity index (χ4n) is 3.03. The highest BCUT2D eigenvalue weighted by Crippen LogP contribution is 2.26. The van der Waals surface area contributed by atoms with Gasteiger partial charge in [0.1, 0.15) is 0 Å². The van der Waals surface area contributed by atoms with E-state index in [2.05, 4.69) is 17.1 Å². The van der Waals surface area contributed by atoms with Crippen molar-refractivity contribution in [3.8, 4) is 0 Å². The molecule has 1 unspecified atom stereocenters. The van der Waals surface area contributed by atoms with Gasteiger partial charge in [0.2, 0.25) is 5.91 Å². The molecule has 2 aliphatic rings. The van der Waals surface area contributed by atoms with E-state index in [0.29, 0.717) is 18.9 Å². The summed E-state index contributed by atoms with van der Waals surface area (Å²) in [4.78, 5) is 27.2. The van der Waals surface area contributed by atoms with Gasteiger partial charge in [-0.1, -0.05) is 13.3 Å². The number of amides is 3. The number of nitrogens with zero attached hydrogens (tertiary/aromatic N) is 2. The molecule has 6 heteroatoms. The lowest BCUT2D eigenvalue weighted by Gasteiger charge is -2.37. The number of hydrogen-bond acceptors (Lipinski definition) is 3. The Balaban J connectivity index is 1.79. The zero-order valence-corrected chi connectivity index (χ0v) is 12.3. The Kier molecular flexibility index (Phi) is 5.23. The van der Waals surface area contributed by atoms with Crippen LogP contribution in [0.5, 0.6) is 0 Å². The van der Waals surface area contributed by atoms with E-state index in [0.717, 1.165) is 32.2 Å². The summed E-state index contributed by atoms with van der Waals surface area (Å²) in [5.41, 5.74) is 5.00. The van der Waals surface area contributed by atoms with Gasteiger partial charge in [-0.15, -0.1) is 0 Å². The maximum atomic E-state index is 12.2. The van der Waals surface area contributed by atoms with Crippen molar-refractivity contribution in [1.82, 2.24) is 15.1 Å². The lowest BCUT2D eigenvalue weighted by Crippen LogP contribution is -2.43. The normalized spacial score (nSPS) is 24.9. The molecule has 3 amide bonds. The third-order valence-corrected chi connectivity index (χ3v) is 4.32. The second-order valence-corrected chi connectivity index (χ2v) is 6.07. The number of urea groups is 1. The topological polar surface area (TPSA) is 78.7 Å². The summed E-state index contributed by atoms with van der Waals surface area (Å²) in [6, 6.07) is 0.169. The van der Waals surface area contributed by atoms with Crippen LogP contribution >= 0.6 is 0 Å². The highest BCUT2D eigenvalue weighted by atomic mass is 16.2. The summed E-state index contributed by atoms with van der Waals surface area (Å²) in [6.45, 7) is 6.22. The summed E-state index contributed by atoms with van der Waals surface area (Å²) < 4.78 is 0. The molecule has 0 aromatic rings. The van der Waals surface area contributed by atoms with Gasteiger partial charge in [-0.3, -0.25) is 9.69 Å². The minimum Gasteiger partial charge on any atom is -0.352 e. The van der Waals surface area contributed by atoms with Crippen molar-refractivity contribution in [3.63, 3.8) is 0 Å². The average molecular weight is 282 g/mol. The lowest BCUT2D eigenvalue weighted by atomic mass is 9.91. The molecule has 6 nitrogen and oxygen atoms in total. The molecular weight excluding hydrogens is 256 g/mol. The molecule has 1 aliphatic heterocycles. The van der Waals surface area contributed by atoms with Crippen LogP contribution in [0.4, 0.5) is 4.79 Å². The quantitative estimate of drug-likeness (QED) is 0.782. The van der Waals surface area contributed by atoms with E-state index >= 15 is 0 Å². The summed E-state index contributed by atoms with van der Waals surface area (Å²) in [6.07, 6.45) is 4.29. The molecular formula is C14H26N4O2. The van der Waals surface area contributed by atoms with Gasteiger partial charge >= 0.3 is 6.03 Å². The van der Waals surface area contributed by atoms with Crippen molar-refractivity contribution in [2.24, 2.45) is 11.7 Å². The van der Waals surface area contributed by atoms with Crippen LogP contribution in [-0.4, -0.2) is 60.5 Å². The van der Waals surface area contributed by atoms with Crippen LogP contribution in [0.25, 0.3) is 0 Å². The van der Waals surface area contributed by atoms with Gasteiger partial charge in [-0.05, 0) is 18.8 Å². The number of carbonyl (C=O) groups excluding carboxylic acids is 2. The number of rotatable bonds is 4. The maximum absolute atomic E-state index is 12.2. The molecule has 0 bridgehead atoms. The first-order chi connectivity index (χ1) is 9.56. The van der Waals surface area contributed by atoms with Gasteiger partial charge in [-0.2, -0.15) is 0 Å². The Morgan fingerprint density at radius 3 is 2.60 bits per heavy atom. The molecule has 0 radical (unpaired) electrons. The third-order valence-electron chi connectivity index (χ3n) is 4.32. The van der Waals surface area contributed by atoms with Crippen LogP contribution in [0, 0.1) is 5.92 Å². The number of primary amides is 1. The van der Waals surface area contributed by atoms with Gasteiger partial charge in [0.05, 0.1) is 0 Å². The van der Waals surface area contributed by atoms with Gasteiger partial charge in [0, 0.05) is 45.2 Å². The summed E-state index contributed by atoms with van der Waals surface area (Å²) in [7, 11) is 0. The van der Waals surface area contributed by atoms with Crippen molar-refractivity contribution < 1.29 is 9.59 Å². The van der Waals surface area contributed by atoms with E-state index in [9.17, 15) is 9.59 Å². The van der Waals surface area contributed by atoms with Crippen molar-refractivity contribution in [3.05, 3.63) is 0 Å². The van der Waals surface area contributed by atoms with Crippen molar-refractivity contribution in [2.45, 2.75) is 38.6 Å². The van der Waals surface area contributed by atoms with E-state index in [-0.39, 0.29) is 5.91 Å². The molecule has 2 rings (SSSR count). The number of carbonyl (C=O) groups is 2. The van der Waals surface area contributed by atoms with E-state index in [1.807, 2.05) is 4.90 Å². The van der Waals surface area contributed by atoms with Gasteiger partial charge in [0.15, 0.2) is 0 Å². The first-order valence-corrected chi connectivity index (χ1v) is 7.61. The van der Waals surface area contributed by atoms with Gasteiger partial charge in [-0.25, -0.2) is 4.79 Å². The molecule has 114 valence electrons. The molecule has 0 aromatic carbocycles. The van der Waals surface area contributed by atoms with Crippen molar-refractivity contribution in [2.75, 3.05) is 32.7 Å². The highest BCUT2D eigenvalue weighted by molar-refractivity contribution is 5.77. The molecule has 1 saturated heterocycles. The van der Waals surface area contributed by atoms with Crippen molar-refractivity contribution in [1.29, 1.82) is 0 Å². The smallest absolute Gasteiger partial charge is 0.312 e. The maximum Gasteiger partial charge on any atom is 0.312 e. The van der Waals surface area contributed by atoms with Crippen LogP contribution in [0.1, 0.15) is 32.6 Å². The van der Waals surface area contributed by atoms with Crippen molar-refractivity contribution >= 4 is 11.9 Å². The predicted octanol–water partition coefficient (Wildman–Crippen LogP) is 0.378. The first kappa shape index (κ1) is 15.1. The fourth-order valence-corrected chi connectivity index (χ4v) is 3.03. The zero-order chi connectivity index (χ0) is 14.5. The average Bonchev–Trinajstić information content (AvgIpc) is 2.48. The zero-order valence-electron chi connectivity index (χ0n) is 12.3. The molecule has 1 heterocycles. The van der Waals surface area contributed by atoms with Crippen LogP contribution < -0.4 is 11.1 Å². The Morgan fingerprint density at radius 2 is 2.00 bits per heavy atom. The monoisotopic (exact) mass is 282 g/mol. The third kappa shape index (κ3) is 4.10. The van der Waals surface area contributed by atoms with Gasteiger partial charge < -0.3 is 16.0 Å². The van der Waals surface area contributed by atoms with E-state index in [1.165, 1.54) is 19.3 Å². The first-order valence-electron chi connectivity index (χ1n) is 7.61. The SMILES string of the molecule is CC1CN(C(=O)CCNC(N)=O)CCN(C2CCC2)C1. The Labute approximate surface area is 120 Å². The number of hydrogen-bond donors (Lipinski definition) is 2. The molecule has 0 spiro atoms. The minimum absolute atomic E-state index is 0.112. The molecule has 1 aliphatic carbocycles. The van der Waals surface area contributed by atoms with E-state index < -0.39 is 6.03 Å². The van der Waals surface area contributed by atoms with Crippen LogP contribution in [0.3, 0.4) is 0 Å². The van der Waals surface area contributed by atoms with E-state index in [1.54, 1.807) is 0 Å². The summed E-state index contributed by atoms with van der Waals surface area (Å²) >= 11 is 0. The fraction of sp³-hybridized carbons (Fsp3) is 0.857. The molecule has 1 saturated carbocycles. The highest BCUT2D eigenvalue weighted by Gasteiger charge is 2.30.